The molecular formula is C16H18N4S. The molecule has 2 heterocycles. The normalized spacial score (nSPS) is 11.0. The van der Waals surface area contributed by atoms with E-state index in [4.69, 9.17) is 0 Å². The van der Waals surface area contributed by atoms with Crippen molar-refractivity contribution >= 4 is 24.2 Å². The van der Waals surface area contributed by atoms with Gasteiger partial charge in [0.05, 0.1) is 0 Å². The monoisotopic (exact) mass is 298 g/mol. The highest BCUT2D eigenvalue weighted by Crippen LogP contribution is 2.25. The Morgan fingerprint density at radius 2 is 1.90 bits per heavy atom. The summed E-state index contributed by atoms with van der Waals surface area (Å²) in [4.78, 5) is 12.0. The molecule has 0 saturated heterocycles. The van der Waals surface area contributed by atoms with Crippen molar-refractivity contribution < 1.29 is 0 Å². The molecule has 0 radical (unpaired) electrons. The van der Waals surface area contributed by atoms with Crippen molar-refractivity contribution in [2.24, 2.45) is 0 Å². The van der Waals surface area contributed by atoms with Gasteiger partial charge < -0.3 is 4.90 Å². The van der Waals surface area contributed by atoms with Crippen molar-refractivity contribution in [3.8, 4) is 0 Å². The molecule has 0 aliphatic rings. The minimum Gasteiger partial charge on any atom is -0.363 e. The van der Waals surface area contributed by atoms with E-state index in [1.54, 1.807) is 6.20 Å². The van der Waals surface area contributed by atoms with E-state index in [1.807, 2.05) is 29.7 Å². The molecular weight excluding hydrogens is 280 g/mol. The largest absolute Gasteiger partial charge is 0.363 e. The van der Waals surface area contributed by atoms with Gasteiger partial charge in [-0.05, 0) is 24.6 Å². The number of anilines is 1. The maximum Gasteiger partial charge on any atom is 0.235 e. The van der Waals surface area contributed by atoms with Crippen molar-refractivity contribution in [2.45, 2.75) is 18.2 Å². The number of thiol groups is 1. The number of hydrogen-bond acceptors (Lipinski definition) is 4. The van der Waals surface area contributed by atoms with Crippen LogP contribution < -0.4 is 4.90 Å². The number of aryl methyl sites for hydroxylation is 1. The van der Waals surface area contributed by atoms with Crippen LogP contribution in [0.3, 0.4) is 0 Å². The van der Waals surface area contributed by atoms with E-state index in [-0.39, 0.29) is 0 Å². The molecule has 1 aromatic carbocycles. The number of hydrogen-bond donors (Lipinski definition) is 1. The summed E-state index contributed by atoms with van der Waals surface area (Å²) in [6.45, 7) is 2.05. The van der Waals surface area contributed by atoms with Crippen LogP contribution in [0.1, 0.15) is 16.8 Å². The van der Waals surface area contributed by atoms with Crippen LogP contribution >= 0.6 is 12.6 Å². The van der Waals surface area contributed by atoms with E-state index in [0.717, 1.165) is 28.6 Å². The van der Waals surface area contributed by atoms with Crippen molar-refractivity contribution in [3.63, 3.8) is 0 Å². The standard InChI is InChI=1S/C16H18N4S/c1-11-14(10-12-4-6-13(21)7-5-12)15(19(2)3)20-9-8-17-16(20)18-11/h4-9,21H,10H2,1-3H3. The Balaban J connectivity index is 2.14. The van der Waals surface area contributed by atoms with Crippen LogP contribution in [0.4, 0.5) is 5.82 Å². The zero-order valence-corrected chi connectivity index (χ0v) is 13.3. The van der Waals surface area contributed by atoms with E-state index in [9.17, 15) is 0 Å². The lowest BCUT2D eigenvalue weighted by molar-refractivity contribution is 0.938. The molecule has 108 valence electrons. The smallest absolute Gasteiger partial charge is 0.235 e. The first kappa shape index (κ1) is 13.9. The zero-order chi connectivity index (χ0) is 15.0. The van der Waals surface area contributed by atoms with E-state index >= 15 is 0 Å². The number of imidazole rings is 1. The lowest BCUT2D eigenvalue weighted by atomic mass is 10.0. The van der Waals surface area contributed by atoms with Crippen LogP contribution in [-0.2, 0) is 6.42 Å². The number of aromatic nitrogens is 3. The fourth-order valence-corrected chi connectivity index (χ4v) is 2.73. The van der Waals surface area contributed by atoms with Gasteiger partial charge in [-0.3, -0.25) is 4.40 Å². The molecule has 2 aromatic heterocycles. The van der Waals surface area contributed by atoms with Gasteiger partial charge in [0, 0.05) is 49.1 Å². The molecule has 4 nitrogen and oxygen atoms in total. The Morgan fingerprint density at radius 1 is 1.19 bits per heavy atom. The zero-order valence-electron chi connectivity index (χ0n) is 12.4. The molecule has 21 heavy (non-hydrogen) atoms. The average molecular weight is 298 g/mol. The first-order chi connectivity index (χ1) is 10.1. The van der Waals surface area contributed by atoms with Gasteiger partial charge in [0.15, 0.2) is 0 Å². The number of benzene rings is 1. The van der Waals surface area contributed by atoms with Crippen LogP contribution in [0.15, 0.2) is 41.6 Å². The molecule has 0 fully saturated rings. The Labute approximate surface area is 129 Å². The van der Waals surface area contributed by atoms with Crippen molar-refractivity contribution in [2.75, 3.05) is 19.0 Å². The molecule has 0 atom stereocenters. The SMILES string of the molecule is Cc1nc2nccn2c(N(C)C)c1Cc1ccc(S)cc1. The summed E-state index contributed by atoms with van der Waals surface area (Å²) in [5.41, 5.74) is 3.49. The van der Waals surface area contributed by atoms with Gasteiger partial charge in [0.25, 0.3) is 0 Å². The number of rotatable bonds is 3. The highest BCUT2D eigenvalue weighted by molar-refractivity contribution is 7.80. The van der Waals surface area contributed by atoms with Crippen molar-refractivity contribution in [1.82, 2.24) is 14.4 Å². The predicted octanol–water partition coefficient (Wildman–Crippen LogP) is 2.98. The minimum atomic E-state index is 0.741. The molecule has 5 heteroatoms. The fourth-order valence-electron chi connectivity index (χ4n) is 2.58. The van der Waals surface area contributed by atoms with E-state index in [2.05, 4.69) is 53.7 Å². The van der Waals surface area contributed by atoms with Gasteiger partial charge in [-0.25, -0.2) is 9.97 Å². The van der Waals surface area contributed by atoms with Gasteiger partial charge in [0.2, 0.25) is 5.78 Å². The number of fused-ring (bicyclic) bond motifs is 1. The second-order valence-electron chi connectivity index (χ2n) is 5.33. The molecule has 0 aliphatic carbocycles. The van der Waals surface area contributed by atoms with Gasteiger partial charge in [-0.1, -0.05) is 12.1 Å². The molecule has 0 spiro atoms. The molecule has 3 aromatic rings. The molecule has 0 amide bonds. The van der Waals surface area contributed by atoms with Crippen LogP contribution in [-0.4, -0.2) is 28.5 Å². The molecule has 0 unspecified atom stereocenters. The topological polar surface area (TPSA) is 33.4 Å². The number of nitrogens with zero attached hydrogens (tertiary/aromatic N) is 4. The summed E-state index contributed by atoms with van der Waals surface area (Å²) < 4.78 is 2.04. The molecule has 3 rings (SSSR count). The highest BCUT2D eigenvalue weighted by atomic mass is 32.1. The summed E-state index contributed by atoms with van der Waals surface area (Å²) in [7, 11) is 4.10. The van der Waals surface area contributed by atoms with Gasteiger partial charge in [0.1, 0.15) is 5.82 Å². The second-order valence-corrected chi connectivity index (χ2v) is 5.85. The summed E-state index contributed by atoms with van der Waals surface area (Å²) in [6.07, 6.45) is 4.58. The third-order valence-electron chi connectivity index (χ3n) is 3.56. The first-order valence-electron chi connectivity index (χ1n) is 6.84. The summed E-state index contributed by atoms with van der Waals surface area (Å²) in [5, 5.41) is 0. The third-order valence-corrected chi connectivity index (χ3v) is 3.86. The maximum absolute atomic E-state index is 4.60. The first-order valence-corrected chi connectivity index (χ1v) is 7.29. The van der Waals surface area contributed by atoms with Gasteiger partial charge in [-0.15, -0.1) is 12.6 Å². The summed E-state index contributed by atoms with van der Waals surface area (Å²) >= 11 is 4.34. The molecule has 0 bridgehead atoms. The fraction of sp³-hybridized carbons (Fsp3) is 0.250. The second kappa shape index (κ2) is 5.41. The quantitative estimate of drug-likeness (QED) is 0.755. The summed E-state index contributed by atoms with van der Waals surface area (Å²) in [5.74, 6) is 1.87. The van der Waals surface area contributed by atoms with E-state index in [1.165, 1.54) is 11.1 Å². The Kier molecular flexibility index (Phi) is 3.59. The highest BCUT2D eigenvalue weighted by Gasteiger charge is 2.15. The Morgan fingerprint density at radius 3 is 2.57 bits per heavy atom. The van der Waals surface area contributed by atoms with E-state index in [0.29, 0.717) is 0 Å². The van der Waals surface area contributed by atoms with Crippen LogP contribution in [0.5, 0.6) is 0 Å². The average Bonchev–Trinajstić information content (AvgIpc) is 2.88. The van der Waals surface area contributed by atoms with Crippen molar-refractivity contribution in [3.05, 3.63) is 53.5 Å². The third kappa shape index (κ3) is 2.61. The van der Waals surface area contributed by atoms with Crippen LogP contribution in [0.25, 0.3) is 5.78 Å². The van der Waals surface area contributed by atoms with Crippen molar-refractivity contribution in [1.29, 1.82) is 0 Å². The molecule has 0 aliphatic heterocycles. The van der Waals surface area contributed by atoms with Crippen LogP contribution in [0, 0.1) is 6.92 Å². The Bertz CT molecular complexity index is 775. The predicted molar refractivity (Wildman–Crippen MR) is 88.6 cm³/mol. The maximum atomic E-state index is 4.60. The van der Waals surface area contributed by atoms with Gasteiger partial charge >= 0.3 is 0 Å². The van der Waals surface area contributed by atoms with E-state index < -0.39 is 0 Å². The van der Waals surface area contributed by atoms with Crippen LogP contribution in [0.2, 0.25) is 0 Å². The minimum absolute atomic E-state index is 0.741. The van der Waals surface area contributed by atoms with Gasteiger partial charge in [-0.2, -0.15) is 0 Å². The lowest BCUT2D eigenvalue weighted by Crippen LogP contribution is -2.17. The molecule has 0 saturated carbocycles. The molecule has 0 N–H and O–H groups in total. The lowest BCUT2D eigenvalue weighted by Gasteiger charge is -2.20. The summed E-state index contributed by atoms with van der Waals surface area (Å²) in [6, 6.07) is 8.26. The Hall–Kier alpha value is -2.01.